The van der Waals surface area contributed by atoms with Gasteiger partial charge in [0, 0.05) is 18.0 Å². The molecule has 1 aliphatic rings. The van der Waals surface area contributed by atoms with Crippen molar-refractivity contribution in [1.29, 1.82) is 0 Å². The number of carbonyl (C=O) groups is 4. The van der Waals surface area contributed by atoms with Crippen LogP contribution in [-0.4, -0.2) is 40.2 Å². The number of amides is 5. The number of nitrogens with zero attached hydrogens (tertiary/aromatic N) is 2. The van der Waals surface area contributed by atoms with Gasteiger partial charge in [-0.2, -0.15) is 0 Å². The molecular weight excluding hydrogens is 398 g/mol. The van der Waals surface area contributed by atoms with Crippen molar-refractivity contribution in [1.82, 2.24) is 26.1 Å². The van der Waals surface area contributed by atoms with E-state index in [1.54, 1.807) is 13.0 Å². The highest BCUT2D eigenvalue weighted by molar-refractivity contribution is 6.09. The number of carbonyl (C=O) groups excluding carboxylic acids is 4. The summed E-state index contributed by atoms with van der Waals surface area (Å²) in [6, 6.07) is 15.4. The highest BCUT2D eigenvalue weighted by Crippen LogP contribution is 2.30. The van der Waals surface area contributed by atoms with Gasteiger partial charge in [-0.1, -0.05) is 36.4 Å². The second-order valence-corrected chi connectivity index (χ2v) is 7.25. The third kappa shape index (κ3) is 3.80. The summed E-state index contributed by atoms with van der Waals surface area (Å²) in [7, 11) is 0. The van der Waals surface area contributed by atoms with Gasteiger partial charge in [-0.15, -0.1) is 0 Å². The minimum atomic E-state index is -1.30. The molecule has 3 aromatic rings. The van der Waals surface area contributed by atoms with Crippen LogP contribution in [0.15, 0.2) is 67.0 Å². The summed E-state index contributed by atoms with van der Waals surface area (Å²) in [5.74, 6) is -1.81. The molecule has 0 radical (unpaired) electrons. The molecule has 1 fully saturated rings. The zero-order valence-electron chi connectivity index (χ0n) is 16.6. The molecule has 0 aliphatic carbocycles. The van der Waals surface area contributed by atoms with Crippen LogP contribution >= 0.6 is 0 Å². The number of urea groups is 1. The molecule has 0 saturated carbocycles. The molecule has 3 N–H and O–H groups in total. The number of benzene rings is 2. The van der Waals surface area contributed by atoms with Crippen molar-refractivity contribution in [2.45, 2.75) is 12.5 Å². The molecule has 31 heavy (non-hydrogen) atoms. The molecular formula is C22H19N5O4. The molecule has 2 heterocycles. The van der Waals surface area contributed by atoms with Crippen LogP contribution in [0.1, 0.15) is 22.8 Å². The first-order valence-electron chi connectivity index (χ1n) is 9.51. The van der Waals surface area contributed by atoms with E-state index in [0.29, 0.717) is 11.1 Å². The number of hydrogen-bond donors (Lipinski definition) is 3. The van der Waals surface area contributed by atoms with Gasteiger partial charge in [0.05, 0.1) is 0 Å². The van der Waals surface area contributed by atoms with Gasteiger partial charge >= 0.3 is 6.03 Å². The van der Waals surface area contributed by atoms with Gasteiger partial charge in [0.25, 0.3) is 17.7 Å². The second-order valence-electron chi connectivity index (χ2n) is 7.25. The average Bonchev–Trinajstić information content (AvgIpc) is 3.01. The quantitative estimate of drug-likeness (QED) is 0.439. The first-order valence-corrected chi connectivity index (χ1v) is 9.51. The summed E-state index contributed by atoms with van der Waals surface area (Å²) in [5.41, 5.74) is 4.05. The molecule has 0 spiro atoms. The van der Waals surface area contributed by atoms with Crippen molar-refractivity contribution in [2.75, 3.05) is 6.54 Å². The Morgan fingerprint density at radius 2 is 1.71 bits per heavy atom. The predicted octanol–water partition coefficient (Wildman–Crippen LogP) is 1.46. The van der Waals surface area contributed by atoms with Crippen molar-refractivity contribution >= 4 is 34.5 Å². The fraction of sp³-hybridized carbons (Fsp3) is 0.136. The summed E-state index contributed by atoms with van der Waals surface area (Å²) in [5, 5.41) is 4.61. The fourth-order valence-corrected chi connectivity index (χ4v) is 3.42. The summed E-state index contributed by atoms with van der Waals surface area (Å²) in [4.78, 5) is 54.4. The van der Waals surface area contributed by atoms with Crippen molar-refractivity contribution < 1.29 is 19.2 Å². The number of fused-ring (bicyclic) bond motifs is 1. The third-order valence-electron chi connectivity index (χ3n) is 5.16. The van der Waals surface area contributed by atoms with Crippen LogP contribution in [0.5, 0.6) is 0 Å². The van der Waals surface area contributed by atoms with E-state index < -0.39 is 35.8 Å². The van der Waals surface area contributed by atoms with Gasteiger partial charge in [-0.25, -0.2) is 4.79 Å². The third-order valence-corrected chi connectivity index (χ3v) is 5.16. The molecule has 1 atom stereocenters. The first kappa shape index (κ1) is 20.0. The van der Waals surface area contributed by atoms with Crippen molar-refractivity contribution in [3.05, 3.63) is 78.1 Å². The van der Waals surface area contributed by atoms with Crippen LogP contribution in [0.25, 0.3) is 10.8 Å². The minimum absolute atomic E-state index is 0.300. The van der Waals surface area contributed by atoms with E-state index in [1.807, 2.05) is 36.4 Å². The van der Waals surface area contributed by atoms with Crippen LogP contribution in [-0.2, 0) is 15.1 Å². The first-order chi connectivity index (χ1) is 14.9. The Morgan fingerprint density at radius 1 is 1.00 bits per heavy atom. The Labute approximate surface area is 177 Å². The lowest BCUT2D eigenvalue weighted by molar-refractivity contribution is -0.135. The maximum atomic E-state index is 13.0. The Kier molecular flexibility index (Phi) is 5.08. The number of aromatic nitrogens is 1. The molecule has 9 heteroatoms. The Hall–Kier alpha value is -4.27. The van der Waals surface area contributed by atoms with E-state index in [9.17, 15) is 19.2 Å². The molecule has 9 nitrogen and oxygen atoms in total. The Bertz CT molecular complexity index is 1200. The fourth-order valence-electron chi connectivity index (χ4n) is 3.42. The Morgan fingerprint density at radius 3 is 2.45 bits per heavy atom. The van der Waals surface area contributed by atoms with Crippen LogP contribution in [0, 0.1) is 0 Å². The smallest absolute Gasteiger partial charge is 0.319 e. The standard InChI is InChI=1S/C22H19N5O4/c1-22(17-7-6-14-4-2-3-5-16(14)12-17)20(30)27(21(31)24-22)13-18(28)25-26-19(29)15-8-10-23-11-9-15/h2-12H,13H2,1H3,(H,24,31)(H,25,28)(H,26,29)/t22-/m1/s1. The Balaban J connectivity index is 1.45. The maximum Gasteiger partial charge on any atom is 0.325 e. The normalized spacial score (nSPS) is 18.0. The number of hydrazine groups is 1. The summed E-state index contributed by atoms with van der Waals surface area (Å²) < 4.78 is 0. The van der Waals surface area contributed by atoms with E-state index in [1.165, 1.54) is 24.5 Å². The lowest BCUT2D eigenvalue weighted by atomic mass is 9.90. The molecule has 4 rings (SSSR count). The molecule has 0 bridgehead atoms. The van der Waals surface area contributed by atoms with Gasteiger partial charge < -0.3 is 5.32 Å². The summed E-state index contributed by atoms with van der Waals surface area (Å²) in [6.07, 6.45) is 2.88. The lowest BCUT2D eigenvalue weighted by Gasteiger charge is -2.22. The molecule has 1 aliphatic heterocycles. The second kappa shape index (κ2) is 7.86. The zero-order chi connectivity index (χ0) is 22.0. The van der Waals surface area contributed by atoms with Crippen LogP contribution in [0.4, 0.5) is 4.79 Å². The highest BCUT2D eigenvalue weighted by Gasteiger charge is 2.49. The van der Waals surface area contributed by atoms with E-state index in [-0.39, 0.29) is 0 Å². The van der Waals surface area contributed by atoms with Crippen LogP contribution in [0.2, 0.25) is 0 Å². The minimum Gasteiger partial charge on any atom is -0.319 e. The zero-order valence-corrected chi connectivity index (χ0v) is 16.6. The average molecular weight is 417 g/mol. The molecule has 2 aromatic carbocycles. The predicted molar refractivity (Wildman–Crippen MR) is 111 cm³/mol. The summed E-state index contributed by atoms with van der Waals surface area (Å²) in [6.45, 7) is 1.06. The maximum absolute atomic E-state index is 13.0. The molecule has 5 amide bonds. The molecule has 156 valence electrons. The monoisotopic (exact) mass is 417 g/mol. The SMILES string of the molecule is C[C@]1(c2ccc3ccccc3c2)NC(=O)N(CC(=O)NNC(=O)c2ccncc2)C1=O. The van der Waals surface area contributed by atoms with E-state index in [4.69, 9.17) is 0 Å². The number of nitrogens with one attached hydrogen (secondary N) is 3. The van der Waals surface area contributed by atoms with Crippen LogP contribution in [0.3, 0.4) is 0 Å². The topological polar surface area (TPSA) is 120 Å². The van der Waals surface area contributed by atoms with Crippen LogP contribution < -0.4 is 16.2 Å². The number of hydrogen-bond acceptors (Lipinski definition) is 5. The molecule has 1 aromatic heterocycles. The van der Waals surface area contributed by atoms with E-state index in [0.717, 1.165) is 15.7 Å². The van der Waals surface area contributed by atoms with Crippen molar-refractivity contribution in [2.24, 2.45) is 0 Å². The number of rotatable bonds is 4. The number of imide groups is 1. The van der Waals surface area contributed by atoms with Crippen molar-refractivity contribution in [3.8, 4) is 0 Å². The molecule has 1 saturated heterocycles. The highest BCUT2D eigenvalue weighted by atomic mass is 16.2. The number of pyridine rings is 1. The van der Waals surface area contributed by atoms with E-state index >= 15 is 0 Å². The summed E-state index contributed by atoms with van der Waals surface area (Å²) >= 11 is 0. The van der Waals surface area contributed by atoms with E-state index in [2.05, 4.69) is 21.2 Å². The largest absolute Gasteiger partial charge is 0.325 e. The van der Waals surface area contributed by atoms with Gasteiger partial charge in [0.2, 0.25) is 0 Å². The lowest BCUT2D eigenvalue weighted by Crippen LogP contribution is -2.48. The van der Waals surface area contributed by atoms with Gasteiger partial charge in [-0.05, 0) is 41.5 Å². The van der Waals surface area contributed by atoms with Crippen molar-refractivity contribution in [3.63, 3.8) is 0 Å². The van der Waals surface area contributed by atoms with Gasteiger partial charge in [0.1, 0.15) is 12.1 Å². The van der Waals surface area contributed by atoms with Gasteiger partial charge in [-0.3, -0.25) is 35.1 Å². The molecule has 0 unspecified atom stereocenters. The van der Waals surface area contributed by atoms with Gasteiger partial charge in [0.15, 0.2) is 0 Å².